The Balaban J connectivity index is 3.08. The smallest absolute Gasteiger partial charge is 0.226 e. The molecule has 4 heteroatoms. The number of hydrogen-bond donors (Lipinski definition) is 1. The molecule has 0 aromatic carbocycles. The Morgan fingerprint density at radius 2 is 2.09 bits per heavy atom. The van der Waals surface area contributed by atoms with Gasteiger partial charge in [-0.15, -0.1) is 0 Å². The molecule has 0 radical (unpaired) electrons. The Bertz CT molecular complexity index is 242. The summed E-state index contributed by atoms with van der Waals surface area (Å²) in [6.07, 6.45) is 0. The largest absolute Gasteiger partial charge is 0.442 e. The zero-order valence-corrected chi connectivity index (χ0v) is 8.27. The highest BCUT2D eigenvalue weighted by molar-refractivity contribution is 9.10. The summed E-state index contributed by atoms with van der Waals surface area (Å²) >= 11 is 3.19. The van der Waals surface area contributed by atoms with Crippen LogP contribution in [0.5, 0.6) is 0 Å². The van der Waals surface area contributed by atoms with Gasteiger partial charge in [0.1, 0.15) is 16.0 Å². The van der Waals surface area contributed by atoms with Crippen LogP contribution >= 0.6 is 15.9 Å². The predicted molar refractivity (Wildman–Crippen MR) is 44.2 cm³/mol. The number of aromatic nitrogens is 1. The van der Waals surface area contributed by atoms with E-state index < -0.39 is 5.60 Å². The van der Waals surface area contributed by atoms with E-state index in [1.807, 2.05) is 0 Å². The molecule has 62 valence electrons. The van der Waals surface area contributed by atoms with Gasteiger partial charge in [-0.2, -0.15) is 0 Å². The van der Waals surface area contributed by atoms with Crippen LogP contribution in [0.1, 0.15) is 25.5 Å². The summed E-state index contributed by atoms with van der Waals surface area (Å²) in [4.78, 5) is 3.98. The van der Waals surface area contributed by atoms with Crippen LogP contribution in [0.15, 0.2) is 9.02 Å². The van der Waals surface area contributed by atoms with Crippen molar-refractivity contribution in [2.75, 3.05) is 0 Å². The minimum absolute atomic E-state index is 0.335. The van der Waals surface area contributed by atoms with Gasteiger partial charge in [-0.3, -0.25) is 0 Å². The summed E-state index contributed by atoms with van der Waals surface area (Å²) in [7, 11) is 0. The maximum atomic E-state index is 9.45. The van der Waals surface area contributed by atoms with Crippen LogP contribution in [0.3, 0.4) is 0 Å². The normalized spacial score (nSPS) is 12.1. The molecule has 1 aromatic heterocycles. The van der Waals surface area contributed by atoms with Gasteiger partial charge in [-0.1, -0.05) is 0 Å². The molecule has 0 atom stereocenters. The molecule has 0 fully saturated rings. The van der Waals surface area contributed by atoms with Crippen molar-refractivity contribution in [1.82, 2.24) is 4.98 Å². The van der Waals surface area contributed by atoms with E-state index in [2.05, 4.69) is 20.9 Å². The first-order valence-corrected chi connectivity index (χ1v) is 4.06. The summed E-state index contributed by atoms with van der Waals surface area (Å²) in [6, 6.07) is 0. The fourth-order valence-electron chi connectivity index (χ4n) is 0.640. The minimum atomic E-state index is -1.00. The number of aliphatic hydroxyl groups is 1. The summed E-state index contributed by atoms with van der Waals surface area (Å²) in [5.41, 5.74) is -1.00. The van der Waals surface area contributed by atoms with E-state index in [0.717, 1.165) is 0 Å². The standard InChI is InChI=1S/C7H10BrNO2/c1-4-5(8)9-6(11-4)7(2,3)10/h10H,1-3H3. The molecular weight excluding hydrogens is 210 g/mol. The second-order valence-corrected chi connectivity index (χ2v) is 3.68. The molecular formula is C7H10BrNO2. The molecule has 3 nitrogen and oxygen atoms in total. The van der Waals surface area contributed by atoms with E-state index >= 15 is 0 Å². The van der Waals surface area contributed by atoms with E-state index in [-0.39, 0.29) is 0 Å². The first-order valence-electron chi connectivity index (χ1n) is 3.27. The molecule has 1 N–H and O–H groups in total. The zero-order chi connectivity index (χ0) is 8.65. The molecule has 0 saturated heterocycles. The lowest BCUT2D eigenvalue weighted by atomic mass is 10.1. The third-order valence-electron chi connectivity index (χ3n) is 1.26. The van der Waals surface area contributed by atoms with Crippen molar-refractivity contribution in [3.05, 3.63) is 16.3 Å². The van der Waals surface area contributed by atoms with E-state index in [1.54, 1.807) is 20.8 Å². The molecule has 11 heavy (non-hydrogen) atoms. The Labute approximate surface area is 73.6 Å². The quantitative estimate of drug-likeness (QED) is 0.786. The number of aryl methyl sites for hydroxylation is 1. The van der Waals surface area contributed by atoms with Crippen molar-refractivity contribution < 1.29 is 9.52 Å². The second-order valence-electron chi connectivity index (χ2n) is 2.93. The number of nitrogens with zero attached hydrogens (tertiary/aromatic N) is 1. The van der Waals surface area contributed by atoms with Crippen molar-refractivity contribution in [3.63, 3.8) is 0 Å². The molecule has 0 bridgehead atoms. The van der Waals surface area contributed by atoms with E-state index in [1.165, 1.54) is 0 Å². The van der Waals surface area contributed by atoms with Gasteiger partial charge in [0.15, 0.2) is 0 Å². The van der Waals surface area contributed by atoms with Crippen molar-refractivity contribution in [3.8, 4) is 0 Å². The summed E-state index contributed by atoms with van der Waals surface area (Å²) in [5.74, 6) is 1.02. The van der Waals surface area contributed by atoms with Crippen LogP contribution in [0.2, 0.25) is 0 Å². The van der Waals surface area contributed by atoms with Crippen LogP contribution in [-0.2, 0) is 5.60 Å². The van der Waals surface area contributed by atoms with Gasteiger partial charge in [-0.25, -0.2) is 4.98 Å². The molecule has 0 unspecified atom stereocenters. The Morgan fingerprint density at radius 1 is 1.55 bits per heavy atom. The first kappa shape index (κ1) is 8.74. The average Bonchev–Trinajstić information content (AvgIpc) is 2.11. The lowest BCUT2D eigenvalue weighted by Crippen LogP contribution is -2.15. The van der Waals surface area contributed by atoms with Crippen LogP contribution in [0.4, 0.5) is 0 Å². The zero-order valence-electron chi connectivity index (χ0n) is 6.68. The first-order chi connectivity index (χ1) is 4.91. The number of rotatable bonds is 1. The van der Waals surface area contributed by atoms with Crippen molar-refractivity contribution in [2.24, 2.45) is 0 Å². The number of hydrogen-bond acceptors (Lipinski definition) is 3. The highest BCUT2D eigenvalue weighted by atomic mass is 79.9. The van der Waals surface area contributed by atoms with E-state index in [0.29, 0.717) is 16.3 Å². The SMILES string of the molecule is Cc1oc(C(C)(C)O)nc1Br. The maximum absolute atomic E-state index is 9.45. The summed E-state index contributed by atoms with van der Waals surface area (Å²) < 4.78 is 5.82. The number of oxazole rings is 1. The third kappa shape index (κ3) is 1.81. The average molecular weight is 220 g/mol. The molecule has 0 aliphatic carbocycles. The molecule has 0 spiro atoms. The van der Waals surface area contributed by atoms with Gasteiger partial charge < -0.3 is 9.52 Å². The maximum Gasteiger partial charge on any atom is 0.226 e. The molecule has 0 aliphatic rings. The Morgan fingerprint density at radius 3 is 2.27 bits per heavy atom. The Kier molecular flexibility index (Phi) is 2.07. The molecule has 0 aliphatic heterocycles. The second kappa shape index (κ2) is 2.60. The van der Waals surface area contributed by atoms with Crippen molar-refractivity contribution in [1.29, 1.82) is 0 Å². The highest BCUT2D eigenvalue weighted by Gasteiger charge is 2.23. The molecule has 1 aromatic rings. The lowest BCUT2D eigenvalue weighted by molar-refractivity contribution is 0.0475. The third-order valence-corrected chi connectivity index (χ3v) is 2.00. The molecule has 1 rings (SSSR count). The van der Waals surface area contributed by atoms with Crippen molar-refractivity contribution in [2.45, 2.75) is 26.4 Å². The van der Waals surface area contributed by atoms with Crippen LogP contribution in [0.25, 0.3) is 0 Å². The Hall–Kier alpha value is -0.350. The highest BCUT2D eigenvalue weighted by Crippen LogP contribution is 2.24. The van der Waals surface area contributed by atoms with Gasteiger partial charge >= 0.3 is 0 Å². The van der Waals surface area contributed by atoms with Crippen LogP contribution in [-0.4, -0.2) is 10.1 Å². The van der Waals surface area contributed by atoms with Crippen LogP contribution in [0, 0.1) is 6.92 Å². The summed E-state index contributed by atoms with van der Waals surface area (Å²) in [6.45, 7) is 5.04. The minimum Gasteiger partial charge on any atom is -0.442 e. The van der Waals surface area contributed by atoms with Crippen LogP contribution < -0.4 is 0 Å². The fourth-order valence-corrected chi connectivity index (χ4v) is 0.881. The van der Waals surface area contributed by atoms with Crippen molar-refractivity contribution >= 4 is 15.9 Å². The van der Waals surface area contributed by atoms with Gasteiger partial charge in [0.2, 0.25) is 5.89 Å². The van der Waals surface area contributed by atoms with E-state index in [4.69, 9.17) is 4.42 Å². The fraction of sp³-hybridized carbons (Fsp3) is 0.571. The topological polar surface area (TPSA) is 46.3 Å². The van der Waals surface area contributed by atoms with Gasteiger partial charge in [0.25, 0.3) is 0 Å². The predicted octanol–water partition coefficient (Wildman–Crippen LogP) is 1.97. The lowest BCUT2D eigenvalue weighted by Gasteiger charge is -2.10. The van der Waals surface area contributed by atoms with Gasteiger partial charge in [0.05, 0.1) is 0 Å². The van der Waals surface area contributed by atoms with Gasteiger partial charge in [-0.05, 0) is 36.7 Å². The number of halogens is 1. The monoisotopic (exact) mass is 219 g/mol. The molecule has 0 amide bonds. The molecule has 0 saturated carbocycles. The summed E-state index contributed by atoms with van der Waals surface area (Å²) in [5, 5.41) is 9.45. The molecule has 1 heterocycles. The van der Waals surface area contributed by atoms with E-state index in [9.17, 15) is 5.11 Å². The van der Waals surface area contributed by atoms with Gasteiger partial charge in [0, 0.05) is 0 Å².